The molecule has 0 radical (unpaired) electrons. The zero-order valence-electron chi connectivity index (χ0n) is 9.94. The van der Waals surface area contributed by atoms with Gasteiger partial charge in [0.15, 0.2) is 0 Å². The predicted octanol–water partition coefficient (Wildman–Crippen LogP) is 2.56. The molecule has 0 aliphatic carbocycles. The van der Waals surface area contributed by atoms with Crippen molar-refractivity contribution in [1.82, 2.24) is 10.3 Å². The zero-order valence-corrected chi connectivity index (χ0v) is 10.8. The topological polar surface area (TPSA) is 42.0 Å². The molecular weight excluding hydrogens is 251 g/mol. The van der Waals surface area contributed by atoms with Crippen LogP contribution in [0.3, 0.4) is 0 Å². The highest BCUT2D eigenvalue weighted by molar-refractivity contribution is 7.09. The molecule has 5 heteroatoms. The first-order valence-corrected chi connectivity index (χ1v) is 6.48. The van der Waals surface area contributed by atoms with Crippen molar-refractivity contribution in [3.05, 3.63) is 51.7 Å². The number of thiazole rings is 1. The van der Waals surface area contributed by atoms with E-state index in [2.05, 4.69) is 10.3 Å². The molecule has 1 aromatic heterocycles. The third-order valence-corrected chi connectivity index (χ3v) is 3.42. The van der Waals surface area contributed by atoms with Gasteiger partial charge >= 0.3 is 0 Å². The lowest BCUT2D eigenvalue weighted by molar-refractivity contribution is 0.0954. The highest BCUT2D eigenvalue weighted by atomic mass is 32.1. The quantitative estimate of drug-likeness (QED) is 0.922. The second-order valence-electron chi connectivity index (χ2n) is 3.90. The largest absolute Gasteiger partial charge is 0.352 e. The lowest BCUT2D eigenvalue weighted by Crippen LogP contribution is -2.25. The number of carbonyl (C=O) groups excluding carboxylic acids is 1. The summed E-state index contributed by atoms with van der Waals surface area (Å²) in [5.41, 5.74) is 1.46. The van der Waals surface area contributed by atoms with Crippen molar-refractivity contribution in [3.63, 3.8) is 0 Å². The number of amides is 1. The third-order valence-electron chi connectivity index (χ3n) is 2.40. The first-order valence-electron chi connectivity index (χ1n) is 5.60. The Balaban J connectivity index is 1.83. The van der Waals surface area contributed by atoms with Crippen molar-refractivity contribution in [2.75, 3.05) is 6.54 Å². The molecule has 1 amide bonds. The fourth-order valence-corrected chi connectivity index (χ4v) is 2.28. The van der Waals surface area contributed by atoms with Crippen LogP contribution in [0.2, 0.25) is 0 Å². The number of hydrogen-bond donors (Lipinski definition) is 1. The van der Waals surface area contributed by atoms with E-state index in [0.29, 0.717) is 18.5 Å². The second-order valence-corrected chi connectivity index (χ2v) is 4.84. The molecule has 1 heterocycles. The summed E-state index contributed by atoms with van der Waals surface area (Å²) in [6, 6.07) is 5.49. The smallest absolute Gasteiger partial charge is 0.251 e. The molecule has 2 rings (SSSR count). The monoisotopic (exact) mass is 264 g/mol. The first kappa shape index (κ1) is 12.7. The minimum absolute atomic E-state index is 0.191. The second kappa shape index (κ2) is 5.73. The van der Waals surface area contributed by atoms with E-state index in [9.17, 15) is 9.18 Å². The molecule has 0 fully saturated rings. The summed E-state index contributed by atoms with van der Waals surface area (Å²) >= 11 is 1.59. The van der Waals surface area contributed by atoms with Crippen LogP contribution < -0.4 is 5.32 Å². The van der Waals surface area contributed by atoms with E-state index in [4.69, 9.17) is 0 Å². The Bertz CT molecular complexity index is 536. The Morgan fingerprint density at radius 2 is 2.11 bits per heavy atom. The molecule has 1 aromatic carbocycles. The molecule has 0 bridgehead atoms. The van der Waals surface area contributed by atoms with Gasteiger partial charge in [0.2, 0.25) is 0 Å². The summed E-state index contributed by atoms with van der Waals surface area (Å²) in [7, 11) is 0. The Hall–Kier alpha value is -1.75. The number of halogens is 1. The SMILES string of the molecule is Cc1csc(CCNC(=O)c2ccc(F)cc2)n1. The van der Waals surface area contributed by atoms with Crippen molar-refractivity contribution in [2.24, 2.45) is 0 Å². The van der Waals surface area contributed by atoms with Crippen molar-refractivity contribution < 1.29 is 9.18 Å². The molecular formula is C13H13FN2OS. The van der Waals surface area contributed by atoms with Gasteiger partial charge in [-0.05, 0) is 31.2 Å². The Labute approximate surface area is 109 Å². The number of nitrogens with zero attached hydrogens (tertiary/aromatic N) is 1. The van der Waals surface area contributed by atoms with E-state index < -0.39 is 0 Å². The number of aromatic nitrogens is 1. The van der Waals surface area contributed by atoms with Crippen LogP contribution in [0.25, 0.3) is 0 Å². The maximum absolute atomic E-state index is 12.7. The summed E-state index contributed by atoms with van der Waals surface area (Å²) in [6.07, 6.45) is 0.714. The van der Waals surface area contributed by atoms with Gasteiger partial charge in [-0.25, -0.2) is 9.37 Å². The van der Waals surface area contributed by atoms with Crippen molar-refractivity contribution in [2.45, 2.75) is 13.3 Å². The molecule has 0 spiro atoms. The number of hydrogen-bond acceptors (Lipinski definition) is 3. The molecule has 0 atom stereocenters. The summed E-state index contributed by atoms with van der Waals surface area (Å²) in [6.45, 7) is 2.47. The highest BCUT2D eigenvalue weighted by Gasteiger charge is 2.05. The third kappa shape index (κ3) is 3.37. The van der Waals surface area contributed by atoms with Crippen LogP contribution >= 0.6 is 11.3 Å². The predicted molar refractivity (Wildman–Crippen MR) is 69.3 cm³/mol. The molecule has 94 valence electrons. The van der Waals surface area contributed by atoms with Gasteiger partial charge in [-0.1, -0.05) is 0 Å². The number of carbonyl (C=O) groups is 1. The molecule has 0 unspecified atom stereocenters. The lowest BCUT2D eigenvalue weighted by Gasteiger charge is -2.03. The highest BCUT2D eigenvalue weighted by Crippen LogP contribution is 2.08. The molecule has 1 N–H and O–H groups in total. The molecule has 18 heavy (non-hydrogen) atoms. The number of aryl methyl sites for hydroxylation is 1. The molecule has 0 saturated heterocycles. The van der Waals surface area contributed by atoms with Crippen LogP contribution in [0.4, 0.5) is 4.39 Å². The number of benzene rings is 1. The maximum atomic E-state index is 12.7. The van der Waals surface area contributed by atoms with E-state index >= 15 is 0 Å². The van der Waals surface area contributed by atoms with Crippen molar-refractivity contribution in [1.29, 1.82) is 0 Å². The normalized spacial score (nSPS) is 10.3. The number of rotatable bonds is 4. The maximum Gasteiger partial charge on any atom is 0.251 e. The first-order chi connectivity index (χ1) is 8.65. The molecule has 0 aliphatic heterocycles. The van der Waals surface area contributed by atoms with Crippen LogP contribution in [0.15, 0.2) is 29.6 Å². The van der Waals surface area contributed by atoms with E-state index in [1.807, 2.05) is 12.3 Å². The van der Waals surface area contributed by atoms with Crippen LogP contribution in [0.5, 0.6) is 0 Å². The standard InChI is InChI=1S/C13H13FN2OS/c1-9-8-18-12(16-9)6-7-15-13(17)10-2-4-11(14)5-3-10/h2-5,8H,6-7H2,1H3,(H,15,17). The van der Waals surface area contributed by atoms with Gasteiger partial charge in [0, 0.05) is 29.6 Å². The Morgan fingerprint density at radius 1 is 1.39 bits per heavy atom. The van der Waals surface area contributed by atoms with Crippen molar-refractivity contribution in [3.8, 4) is 0 Å². The van der Waals surface area contributed by atoms with Crippen LogP contribution in [-0.4, -0.2) is 17.4 Å². The fourth-order valence-electron chi connectivity index (χ4n) is 1.50. The van der Waals surface area contributed by atoms with Gasteiger partial charge in [-0.15, -0.1) is 11.3 Å². The Kier molecular flexibility index (Phi) is 4.04. The average molecular weight is 264 g/mol. The Morgan fingerprint density at radius 3 is 2.72 bits per heavy atom. The minimum Gasteiger partial charge on any atom is -0.352 e. The van der Waals surface area contributed by atoms with E-state index in [1.54, 1.807) is 11.3 Å². The summed E-state index contributed by atoms with van der Waals surface area (Å²) in [4.78, 5) is 16.0. The minimum atomic E-state index is -0.343. The van der Waals surface area contributed by atoms with Gasteiger partial charge in [-0.2, -0.15) is 0 Å². The van der Waals surface area contributed by atoms with Crippen LogP contribution in [0.1, 0.15) is 21.1 Å². The van der Waals surface area contributed by atoms with Crippen LogP contribution in [-0.2, 0) is 6.42 Å². The summed E-state index contributed by atoms with van der Waals surface area (Å²) < 4.78 is 12.7. The number of nitrogens with one attached hydrogen (secondary N) is 1. The van der Waals surface area contributed by atoms with E-state index in [1.165, 1.54) is 24.3 Å². The van der Waals surface area contributed by atoms with Gasteiger partial charge < -0.3 is 5.32 Å². The zero-order chi connectivity index (χ0) is 13.0. The van der Waals surface area contributed by atoms with Crippen LogP contribution in [0, 0.1) is 12.7 Å². The van der Waals surface area contributed by atoms with Gasteiger partial charge in [-0.3, -0.25) is 4.79 Å². The van der Waals surface area contributed by atoms with E-state index in [-0.39, 0.29) is 11.7 Å². The van der Waals surface area contributed by atoms with Crippen molar-refractivity contribution >= 4 is 17.2 Å². The summed E-state index contributed by atoms with van der Waals surface area (Å²) in [5.74, 6) is -0.534. The lowest BCUT2D eigenvalue weighted by atomic mass is 10.2. The van der Waals surface area contributed by atoms with Gasteiger partial charge in [0.1, 0.15) is 5.82 Å². The average Bonchev–Trinajstić information content (AvgIpc) is 2.76. The molecule has 0 saturated carbocycles. The molecule has 0 aliphatic rings. The molecule has 3 nitrogen and oxygen atoms in total. The van der Waals surface area contributed by atoms with Gasteiger partial charge in [0.05, 0.1) is 5.01 Å². The fraction of sp³-hybridized carbons (Fsp3) is 0.231. The van der Waals surface area contributed by atoms with E-state index in [0.717, 1.165) is 10.7 Å². The van der Waals surface area contributed by atoms with Gasteiger partial charge in [0.25, 0.3) is 5.91 Å². The summed E-state index contributed by atoms with van der Waals surface area (Å²) in [5, 5.41) is 5.77. The molecule has 2 aromatic rings.